The van der Waals surface area contributed by atoms with E-state index in [4.69, 9.17) is 0 Å². The van der Waals surface area contributed by atoms with Crippen LogP contribution in [0.15, 0.2) is 0 Å². The molecule has 1 fully saturated rings. The maximum absolute atomic E-state index is 12.1. The van der Waals surface area contributed by atoms with Crippen LogP contribution in [0.3, 0.4) is 0 Å². The molecule has 2 atom stereocenters. The first-order chi connectivity index (χ1) is 15.5. The molecular formula is C24H50N6O2. The van der Waals surface area contributed by atoms with Crippen LogP contribution in [-0.4, -0.2) is 87.3 Å². The minimum Gasteiger partial charge on any atom is -0.338 e. The highest BCUT2D eigenvalue weighted by molar-refractivity contribution is 5.74. The fourth-order valence-electron chi connectivity index (χ4n) is 4.46. The van der Waals surface area contributed by atoms with E-state index in [1.165, 1.54) is 0 Å². The first-order valence-corrected chi connectivity index (χ1v) is 13.0. The van der Waals surface area contributed by atoms with Crippen LogP contribution in [-0.2, 0) is 0 Å². The second-order valence-corrected chi connectivity index (χ2v) is 8.93. The Kier molecular flexibility index (Phi) is 16.0. The Balaban J connectivity index is 2.12. The fourth-order valence-corrected chi connectivity index (χ4v) is 4.46. The molecule has 0 spiro atoms. The monoisotopic (exact) mass is 454 g/mol. The molecule has 0 aliphatic heterocycles. The molecule has 0 heterocycles. The van der Waals surface area contributed by atoms with Crippen LogP contribution in [0.1, 0.15) is 66.2 Å². The van der Waals surface area contributed by atoms with Crippen LogP contribution >= 0.6 is 0 Å². The molecule has 0 radical (unpaired) electrons. The Hall–Kier alpha value is -1.54. The lowest BCUT2D eigenvalue weighted by molar-refractivity contribution is 0.220. The number of hydrogen-bond donors (Lipinski definition) is 4. The molecule has 0 saturated heterocycles. The van der Waals surface area contributed by atoms with E-state index in [1.54, 1.807) is 0 Å². The topological polar surface area (TPSA) is 88.7 Å². The Morgan fingerprint density at radius 1 is 0.688 bits per heavy atom. The van der Waals surface area contributed by atoms with Crippen LogP contribution in [0.2, 0.25) is 0 Å². The second-order valence-electron chi connectivity index (χ2n) is 8.93. The molecule has 4 amide bonds. The molecule has 8 nitrogen and oxygen atoms in total. The zero-order valence-electron chi connectivity index (χ0n) is 21.2. The third-order valence-corrected chi connectivity index (χ3v) is 6.66. The molecule has 1 rings (SSSR count). The van der Waals surface area contributed by atoms with E-state index in [0.29, 0.717) is 24.9 Å². The molecule has 1 aliphatic rings. The van der Waals surface area contributed by atoms with Crippen molar-refractivity contribution in [1.82, 2.24) is 31.1 Å². The number of amides is 4. The summed E-state index contributed by atoms with van der Waals surface area (Å²) in [4.78, 5) is 28.9. The first kappa shape index (κ1) is 28.5. The largest absolute Gasteiger partial charge is 0.338 e. The van der Waals surface area contributed by atoms with Crippen molar-refractivity contribution in [3.05, 3.63) is 0 Å². The average molecular weight is 455 g/mol. The predicted molar refractivity (Wildman–Crippen MR) is 133 cm³/mol. The number of nitrogens with one attached hydrogen (secondary N) is 4. The molecule has 32 heavy (non-hydrogen) atoms. The zero-order valence-corrected chi connectivity index (χ0v) is 21.2. The molecule has 0 aromatic carbocycles. The molecule has 0 bridgehead atoms. The quantitative estimate of drug-likeness (QED) is 0.270. The Morgan fingerprint density at radius 3 is 1.47 bits per heavy atom. The van der Waals surface area contributed by atoms with Gasteiger partial charge in [0, 0.05) is 26.2 Å². The molecule has 4 N–H and O–H groups in total. The van der Waals surface area contributed by atoms with Crippen LogP contribution in [0, 0.1) is 11.8 Å². The third kappa shape index (κ3) is 13.1. The Labute approximate surface area is 196 Å². The number of carbonyl (C=O) groups is 2. The molecular weight excluding hydrogens is 404 g/mol. The summed E-state index contributed by atoms with van der Waals surface area (Å²) in [7, 11) is 0. The number of hydrogen-bond acceptors (Lipinski definition) is 4. The number of nitrogens with zero attached hydrogens (tertiary/aromatic N) is 2. The summed E-state index contributed by atoms with van der Waals surface area (Å²) in [5.41, 5.74) is 0. The van der Waals surface area contributed by atoms with Gasteiger partial charge in [0.2, 0.25) is 0 Å². The van der Waals surface area contributed by atoms with E-state index in [-0.39, 0.29) is 12.1 Å². The van der Waals surface area contributed by atoms with Crippen LogP contribution in [0.25, 0.3) is 0 Å². The van der Waals surface area contributed by atoms with E-state index in [9.17, 15) is 9.59 Å². The molecule has 8 heteroatoms. The van der Waals surface area contributed by atoms with E-state index < -0.39 is 0 Å². The average Bonchev–Trinajstić information content (AvgIpc) is 2.82. The minimum atomic E-state index is -0.0612. The number of rotatable bonds is 16. The van der Waals surface area contributed by atoms with E-state index >= 15 is 0 Å². The predicted octanol–water partition coefficient (Wildman–Crippen LogP) is 2.86. The summed E-state index contributed by atoms with van der Waals surface area (Å²) in [6, 6.07) is -0.122. The van der Waals surface area contributed by atoms with Gasteiger partial charge < -0.3 is 31.1 Å². The van der Waals surface area contributed by atoms with Gasteiger partial charge in [0.1, 0.15) is 0 Å². The molecule has 0 aromatic rings. The fraction of sp³-hybridized carbons (Fsp3) is 0.917. The highest BCUT2D eigenvalue weighted by Gasteiger charge is 2.22. The normalized spacial score (nSPS) is 18.6. The van der Waals surface area contributed by atoms with Crippen molar-refractivity contribution in [2.24, 2.45) is 11.8 Å². The third-order valence-electron chi connectivity index (χ3n) is 6.66. The molecule has 0 aromatic heterocycles. The summed E-state index contributed by atoms with van der Waals surface area (Å²) in [6.45, 7) is 17.8. The second kappa shape index (κ2) is 18.0. The van der Waals surface area contributed by atoms with Crippen molar-refractivity contribution in [2.75, 3.05) is 65.4 Å². The van der Waals surface area contributed by atoms with Gasteiger partial charge in [-0.15, -0.1) is 0 Å². The van der Waals surface area contributed by atoms with E-state index in [2.05, 4.69) is 58.8 Å². The van der Waals surface area contributed by atoms with Gasteiger partial charge in [0.15, 0.2) is 0 Å². The Bertz CT molecular complexity index is 455. The van der Waals surface area contributed by atoms with Crippen molar-refractivity contribution >= 4 is 12.1 Å². The first-order valence-electron chi connectivity index (χ1n) is 13.0. The van der Waals surface area contributed by atoms with Crippen molar-refractivity contribution in [3.8, 4) is 0 Å². The molecule has 188 valence electrons. The lowest BCUT2D eigenvalue weighted by Crippen LogP contribution is -2.42. The highest BCUT2D eigenvalue weighted by Crippen LogP contribution is 2.28. The SMILES string of the molecule is CCN(CC)CCCNC(=O)NC[C@H]1CCC[C@@H](CNC(=O)NCCCN(CC)CC)C1. The maximum Gasteiger partial charge on any atom is 0.314 e. The van der Waals surface area contributed by atoms with E-state index in [1.807, 2.05) is 0 Å². The lowest BCUT2D eigenvalue weighted by atomic mass is 9.81. The van der Waals surface area contributed by atoms with E-state index in [0.717, 1.165) is 90.9 Å². The summed E-state index contributed by atoms with van der Waals surface area (Å²) in [5, 5.41) is 12.0. The van der Waals surface area contributed by atoms with Crippen LogP contribution in [0.5, 0.6) is 0 Å². The standard InChI is InChI=1S/C24H50N6O2/c1-5-29(6-2)16-10-14-25-23(31)27-19-21-12-9-13-22(18-21)20-28-24(32)26-15-11-17-30(7-3)8-4/h21-22H,5-20H2,1-4H3,(H2,25,27,31)(H2,26,28,32)/t21-,22+. The summed E-state index contributed by atoms with van der Waals surface area (Å²) >= 11 is 0. The Morgan fingerprint density at radius 2 is 1.09 bits per heavy atom. The molecule has 0 unspecified atom stereocenters. The smallest absolute Gasteiger partial charge is 0.314 e. The van der Waals surface area contributed by atoms with Gasteiger partial charge in [-0.3, -0.25) is 0 Å². The number of urea groups is 2. The van der Waals surface area contributed by atoms with Gasteiger partial charge in [0.05, 0.1) is 0 Å². The highest BCUT2D eigenvalue weighted by atomic mass is 16.2. The summed E-state index contributed by atoms with van der Waals surface area (Å²) in [6.07, 6.45) is 6.47. The number of carbonyl (C=O) groups excluding carboxylic acids is 2. The van der Waals surface area contributed by atoms with Crippen LogP contribution < -0.4 is 21.3 Å². The molecule has 1 saturated carbocycles. The summed E-state index contributed by atoms with van der Waals surface area (Å²) in [5.74, 6) is 0.989. The zero-order chi connectivity index (χ0) is 23.6. The van der Waals surface area contributed by atoms with Crippen molar-refractivity contribution in [2.45, 2.75) is 66.2 Å². The van der Waals surface area contributed by atoms with Gasteiger partial charge in [-0.1, -0.05) is 34.1 Å². The summed E-state index contributed by atoms with van der Waals surface area (Å²) < 4.78 is 0. The van der Waals surface area contributed by atoms with Gasteiger partial charge in [-0.25, -0.2) is 9.59 Å². The molecule has 1 aliphatic carbocycles. The lowest BCUT2D eigenvalue weighted by Gasteiger charge is -2.29. The minimum absolute atomic E-state index is 0.0612. The van der Waals surface area contributed by atoms with Crippen LogP contribution in [0.4, 0.5) is 9.59 Å². The van der Waals surface area contributed by atoms with Gasteiger partial charge in [0.25, 0.3) is 0 Å². The van der Waals surface area contributed by atoms with Gasteiger partial charge in [-0.05, 0) is 83.2 Å². The van der Waals surface area contributed by atoms with Gasteiger partial charge >= 0.3 is 12.1 Å². The van der Waals surface area contributed by atoms with Crippen molar-refractivity contribution in [1.29, 1.82) is 0 Å². The maximum atomic E-state index is 12.1. The van der Waals surface area contributed by atoms with Crippen molar-refractivity contribution in [3.63, 3.8) is 0 Å². The van der Waals surface area contributed by atoms with Crippen molar-refractivity contribution < 1.29 is 9.59 Å². The van der Waals surface area contributed by atoms with Gasteiger partial charge in [-0.2, -0.15) is 0 Å².